The van der Waals surface area contributed by atoms with Crippen molar-refractivity contribution >= 4 is 20.0 Å². The van der Waals surface area contributed by atoms with Gasteiger partial charge in [0.2, 0.25) is 20.0 Å². The van der Waals surface area contributed by atoms with E-state index in [9.17, 15) is 30.0 Å². The molecule has 1 unspecified atom stereocenters. The molecule has 1 fully saturated rings. The van der Waals surface area contributed by atoms with Crippen LogP contribution in [0.25, 0.3) is 0 Å². The summed E-state index contributed by atoms with van der Waals surface area (Å²) < 4.78 is 92.9. The number of hydrogen-bond acceptors (Lipinski definition) is 4. The molecular weight excluding hydrogens is 465 g/mol. The summed E-state index contributed by atoms with van der Waals surface area (Å²) in [5.74, 6) is 0. The molecule has 32 heavy (non-hydrogen) atoms. The smallest absolute Gasteiger partial charge is 0.211 e. The first kappa shape index (κ1) is 24.7. The fourth-order valence-electron chi connectivity index (χ4n) is 3.69. The molecule has 1 saturated heterocycles. The lowest BCUT2D eigenvalue weighted by Gasteiger charge is -2.34. The van der Waals surface area contributed by atoms with Gasteiger partial charge in [-0.1, -0.05) is 24.1 Å². The Morgan fingerprint density at radius 3 is 2.12 bits per heavy atom. The number of nitrogens with one attached hydrogen (secondary N) is 1. The van der Waals surface area contributed by atoms with Crippen LogP contribution >= 0.6 is 0 Å². The monoisotopic (exact) mass is 490 g/mol. The molecule has 0 aromatic heterocycles. The zero-order valence-electron chi connectivity index (χ0n) is 17.5. The van der Waals surface area contributed by atoms with E-state index in [1.54, 1.807) is 24.3 Å². The van der Waals surface area contributed by atoms with Gasteiger partial charge < -0.3 is 0 Å². The molecule has 1 atom stereocenters. The van der Waals surface area contributed by atoms with Gasteiger partial charge in [-0.25, -0.2) is 21.6 Å². The summed E-state index contributed by atoms with van der Waals surface area (Å²) in [7, 11) is -7.73. The molecule has 6 nitrogen and oxygen atoms in total. The van der Waals surface area contributed by atoms with Gasteiger partial charge in [0.05, 0.1) is 15.4 Å². The molecule has 3 rings (SSSR count). The molecule has 0 bridgehead atoms. The minimum absolute atomic E-state index is 0.0338. The molecule has 2 aromatic rings. The molecule has 1 aliphatic rings. The average Bonchev–Trinajstić information content (AvgIpc) is 2.74. The molecule has 1 heterocycles. The molecule has 0 saturated carbocycles. The Labute approximate surface area is 186 Å². The molecular formula is C21H25F3N2O4S2. The number of benzene rings is 2. The Balaban J connectivity index is 1.67. The second-order valence-corrected chi connectivity index (χ2v) is 11.4. The topological polar surface area (TPSA) is 83.6 Å². The Morgan fingerprint density at radius 2 is 1.53 bits per heavy atom. The van der Waals surface area contributed by atoms with Crippen molar-refractivity contribution in [1.82, 2.24) is 9.03 Å². The second kappa shape index (κ2) is 9.50. The minimum atomic E-state index is -4.55. The van der Waals surface area contributed by atoms with E-state index in [0.29, 0.717) is 25.1 Å². The number of aryl methyl sites for hydroxylation is 1. The van der Waals surface area contributed by atoms with Crippen LogP contribution < -0.4 is 4.72 Å². The third kappa shape index (κ3) is 5.69. The highest BCUT2D eigenvalue weighted by Gasteiger charge is 2.34. The standard InChI is InChI=1S/C21H25F3N2O4S2/c1-16-5-9-20(10-6-16)32(29,30)26-15-3-2-4-18(26)13-14-25-31(27,28)19-11-7-17(8-12-19)21(22,23)24/h5-12,18,25H,2-4,13-15H2,1H3. The Hall–Kier alpha value is -1.95. The van der Waals surface area contributed by atoms with E-state index in [-0.39, 0.29) is 28.8 Å². The van der Waals surface area contributed by atoms with Crippen molar-refractivity contribution in [2.24, 2.45) is 0 Å². The van der Waals surface area contributed by atoms with Crippen molar-refractivity contribution in [3.8, 4) is 0 Å². The number of sulfonamides is 2. The molecule has 1 aliphatic heterocycles. The number of alkyl halides is 3. The Bertz CT molecular complexity index is 1130. The summed E-state index contributed by atoms with van der Waals surface area (Å²) in [5.41, 5.74) is 0.00688. The molecule has 0 aliphatic carbocycles. The molecule has 0 radical (unpaired) electrons. The van der Waals surface area contributed by atoms with Gasteiger partial charge in [-0.2, -0.15) is 17.5 Å². The van der Waals surface area contributed by atoms with Crippen molar-refractivity contribution in [2.75, 3.05) is 13.1 Å². The first-order valence-corrected chi connectivity index (χ1v) is 13.1. The lowest BCUT2D eigenvalue weighted by Crippen LogP contribution is -2.45. The van der Waals surface area contributed by atoms with E-state index in [2.05, 4.69) is 4.72 Å². The van der Waals surface area contributed by atoms with E-state index in [1.807, 2.05) is 6.92 Å². The van der Waals surface area contributed by atoms with Crippen LogP contribution in [-0.4, -0.2) is 40.3 Å². The zero-order valence-corrected chi connectivity index (χ0v) is 19.1. The fourth-order valence-corrected chi connectivity index (χ4v) is 6.46. The first-order valence-electron chi connectivity index (χ1n) is 10.2. The summed E-state index contributed by atoms with van der Waals surface area (Å²) in [5, 5.41) is 0. The van der Waals surface area contributed by atoms with Crippen LogP contribution in [0, 0.1) is 6.92 Å². The van der Waals surface area contributed by atoms with E-state index in [0.717, 1.165) is 30.5 Å². The maximum atomic E-state index is 13.1. The first-order chi connectivity index (χ1) is 14.9. The summed E-state index contributed by atoms with van der Waals surface area (Å²) >= 11 is 0. The van der Waals surface area contributed by atoms with E-state index in [4.69, 9.17) is 0 Å². The number of rotatable bonds is 7. The van der Waals surface area contributed by atoms with Gasteiger partial charge in [0.25, 0.3) is 0 Å². The van der Waals surface area contributed by atoms with Gasteiger partial charge in [-0.05, 0) is 62.6 Å². The van der Waals surface area contributed by atoms with Crippen LogP contribution in [0.3, 0.4) is 0 Å². The van der Waals surface area contributed by atoms with E-state index in [1.165, 1.54) is 4.31 Å². The largest absolute Gasteiger partial charge is 0.416 e. The highest BCUT2D eigenvalue weighted by molar-refractivity contribution is 7.89. The number of hydrogen-bond donors (Lipinski definition) is 1. The molecule has 176 valence electrons. The van der Waals surface area contributed by atoms with Crippen molar-refractivity contribution in [3.63, 3.8) is 0 Å². The van der Waals surface area contributed by atoms with E-state index >= 15 is 0 Å². The minimum Gasteiger partial charge on any atom is -0.211 e. The Morgan fingerprint density at radius 1 is 0.938 bits per heavy atom. The quantitative estimate of drug-likeness (QED) is 0.638. The predicted octanol–water partition coefficient (Wildman–Crippen LogP) is 3.93. The predicted molar refractivity (Wildman–Crippen MR) is 114 cm³/mol. The van der Waals surface area contributed by atoms with E-state index < -0.39 is 31.8 Å². The van der Waals surface area contributed by atoms with Crippen LogP contribution in [0.5, 0.6) is 0 Å². The van der Waals surface area contributed by atoms with Crippen LogP contribution in [-0.2, 0) is 26.2 Å². The number of nitrogens with zero attached hydrogens (tertiary/aromatic N) is 1. The van der Waals surface area contributed by atoms with Crippen LogP contribution in [0.15, 0.2) is 58.3 Å². The van der Waals surface area contributed by atoms with Gasteiger partial charge in [0.15, 0.2) is 0 Å². The van der Waals surface area contributed by atoms with Crippen LogP contribution in [0.4, 0.5) is 13.2 Å². The van der Waals surface area contributed by atoms with Crippen molar-refractivity contribution in [3.05, 3.63) is 59.7 Å². The highest BCUT2D eigenvalue weighted by atomic mass is 32.2. The zero-order chi connectivity index (χ0) is 23.6. The highest BCUT2D eigenvalue weighted by Crippen LogP contribution is 2.30. The summed E-state index contributed by atoms with van der Waals surface area (Å²) in [6.07, 6.45) is -2.14. The van der Waals surface area contributed by atoms with Gasteiger partial charge >= 0.3 is 6.18 Å². The second-order valence-electron chi connectivity index (χ2n) is 7.79. The third-order valence-corrected chi connectivity index (χ3v) is 8.91. The van der Waals surface area contributed by atoms with Gasteiger partial charge in [-0.3, -0.25) is 0 Å². The Kier molecular flexibility index (Phi) is 7.33. The van der Waals surface area contributed by atoms with Crippen molar-refractivity contribution in [2.45, 2.75) is 54.6 Å². The fraction of sp³-hybridized carbons (Fsp3) is 0.429. The van der Waals surface area contributed by atoms with Gasteiger partial charge in [0.1, 0.15) is 0 Å². The molecule has 0 amide bonds. The van der Waals surface area contributed by atoms with Gasteiger partial charge in [-0.15, -0.1) is 0 Å². The maximum Gasteiger partial charge on any atom is 0.416 e. The molecule has 1 N–H and O–H groups in total. The SMILES string of the molecule is Cc1ccc(S(=O)(=O)N2CCCCC2CCNS(=O)(=O)c2ccc(C(F)(F)F)cc2)cc1. The van der Waals surface area contributed by atoms with Crippen molar-refractivity contribution < 1.29 is 30.0 Å². The summed E-state index contributed by atoms with van der Waals surface area (Å²) in [6.45, 7) is 2.18. The number of piperidine rings is 1. The molecule has 2 aromatic carbocycles. The lowest BCUT2D eigenvalue weighted by atomic mass is 10.0. The third-order valence-electron chi connectivity index (χ3n) is 5.46. The van der Waals surface area contributed by atoms with Crippen molar-refractivity contribution in [1.29, 1.82) is 0 Å². The van der Waals surface area contributed by atoms with Gasteiger partial charge in [0, 0.05) is 19.1 Å². The molecule has 0 spiro atoms. The average molecular weight is 491 g/mol. The normalized spacial score (nSPS) is 18.6. The summed E-state index contributed by atoms with van der Waals surface area (Å²) in [4.78, 5) is -0.0846. The lowest BCUT2D eigenvalue weighted by molar-refractivity contribution is -0.137. The number of halogens is 3. The summed E-state index contributed by atoms with van der Waals surface area (Å²) in [6, 6.07) is 9.43. The molecule has 11 heteroatoms. The van der Waals surface area contributed by atoms with Crippen LogP contribution in [0.1, 0.15) is 36.8 Å². The maximum absolute atomic E-state index is 13.1. The van der Waals surface area contributed by atoms with Crippen LogP contribution in [0.2, 0.25) is 0 Å².